The lowest BCUT2D eigenvalue weighted by molar-refractivity contribution is -0.135. The minimum atomic E-state index is -0.398. The van der Waals surface area contributed by atoms with Gasteiger partial charge in [-0.1, -0.05) is 29.4 Å². The van der Waals surface area contributed by atoms with E-state index in [1.807, 2.05) is 12.1 Å². The number of amidine groups is 1. The Morgan fingerprint density at radius 1 is 1.45 bits per heavy atom. The number of nitrogens with two attached hydrogens (primary N) is 1. The summed E-state index contributed by atoms with van der Waals surface area (Å²) >= 11 is 0. The number of hydrogen-bond donors (Lipinski definition) is 2. The summed E-state index contributed by atoms with van der Waals surface area (Å²) in [6.45, 7) is 1.75. The number of carbonyl (C=O) groups is 1. The fraction of sp³-hybridized carbons (Fsp3) is 0.467. The second-order valence-electron chi connectivity index (χ2n) is 5.36. The highest BCUT2D eigenvalue weighted by Crippen LogP contribution is 2.26. The van der Waals surface area contributed by atoms with Crippen molar-refractivity contribution in [1.82, 2.24) is 4.90 Å². The van der Waals surface area contributed by atoms with Crippen molar-refractivity contribution in [3.8, 4) is 0 Å². The van der Waals surface area contributed by atoms with Gasteiger partial charge in [0, 0.05) is 13.0 Å². The highest BCUT2D eigenvalue weighted by molar-refractivity contribution is 5.90. The summed E-state index contributed by atoms with van der Waals surface area (Å²) in [5.74, 6) is 0.0829. The molecule has 0 saturated heterocycles. The van der Waals surface area contributed by atoms with Gasteiger partial charge in [0.15, 0.2) is 5.84 Å². The lowest BCUT2D eigenvalue weighted by Crippen LogP contribution is -2.47. The summed E-state index contributed by atoms with van der Waals surface area (Å²) in [5, 5.41) is 11.7. The zero-order valence-corrected chi connectivity index (χ0v) is 11.9. The first-order valence-electron chi connectivity index (χ1n) is 6.85. The van der Waals surface area contributed by atoms with Gasteiger partial charge in [-0.05, 0) is 37.3 Å². The molecule has 0 fully saturated rings. The van der Waals surface area contributed by atoms with Crippen LogP contribution in [0.1, 0.15) is 24.5 Å². The molecule has 0 bridgehead atoms. The smallest absolute Gasteiger partial charge is 0.226 e. The van der Waals surface area contributed by atoms with Crippen LogP contribution in [0.3, 0.4) is 0 Å². The summed E-state index contributed by atoms with van der Waals surface area (Å²) in [6, 6.07) is 7.85. The number of oxime groups is 1. The SMILES string of the molecule is CC(/C(N)=N/O)N(C)C(=O)C1CCc2ccccc2C1. The number of amides is 1. The van der Waals surface area contributed by atoms with E-state index in [-0.39, 0.29) is 17.7 Å². The Hall–Kier alpha value is -2.04. The van der Waals surface area contributed by atoms with E-state index in [2.05, 4.69) is 17.3 Å². The highest BCUT2D eigenvalue weighted by atomic mass is 16.4. The van der Waals surface area contributed by atoms with Crippen LogP contribution in [-0.4, -0.2) is 34.9 Å². The molecule has 0 spiro atoms. The summed E-state index contributed by atoms with van der Waals surface area (Å²) in [7, 11) is 1.70. The number of fused-ring (bicyclic) bond motifs is 1. The third-order valence-corrected chi connectivity index (χ3v) is 4.17. The fourth-order valence-electron chi connectivity index (χ4n) is 2.67. The third kappa shape index (κ3) is 2.76. The predicted octanol–water partition coefficient (Wildman–Crippen LogP) is 1.38. The van der Waals surface area contributed by atoms with Crippen LogP contribution in [0.4, 0.5) is 0 Å². The third-order valence-electron chi connectivity index (χ3n) is 4.17. The molecule has 0 aliphatic heterocycles. The molecule has 2 rings (SSSR count). The van der Waals surface area contributed by atoms with Gasteiger partial charge in [-0.15, -0.1) is 0 Å². The van der Waals surface area contributed by atoms with Crippen LogP contribution in [-0.2, 0) is 17.6 Å². The van der Waals surface area contributed by atoms with Gasteiger partial charge >= 0.3 is 0 Å². The molecule has 0 aromatic heterocycles. The van der Waals surface area contributed by atoms with Gasteiger partial charge in [-0.2, -0.15) is 0 Å². The molecule has 5 heteroatoms. The molecule has 108 valence electrons. The Kier molecular flexibility index (Phi) is 4.27. The molecule has 1 aromatic rings. The molecule has 20 heavy (non-hydrogen) atoms. The normalized spacial score (nSPS) is 20.1. The maximum Gasteiger partial charge on any atom is 0.226 e. The van der Waals surface area contributed by atoms with E-state index in [4.69, 9.17) is 10.9 Å². The van der Waals surface area contributed by atoms with E-state index < -0.39 is 6.04 Å². The van der Waals surface area contributed by atoms with E-state index in [0.29, 0.717) is 0 Å². The largest absolute Gasteiger partial charge is 0.409 e. The Labute approximate surface area is 119 Å². The van der Waals surface area contributed by atoms with Crippen LogP contribution >= 0.6 is 0 Å². The minimum absolute atomic E-state index is 0.0242. The Morgan fingerprint density at radius 3 is 2.75 bits per heavy atom. The molecule has 0 heterocycles. The standard InChI is InChI=1S/C15H21N3O2/c1-10(14(16)17-20)18(2)15(19)13-8-7-11-5-3-4-6-12(11)9-13/h3-6,10,13,20H,7-9H2,1-2H3,(H2,16,17). The maximum atomic E-state index is 12.5. The molecule has 5 nitrogen and oxygen atoms in total. The Balaban J connectivity index is 2.08. The van der Waals surface area contributed by atoms with Gasteiger partial charge in [0.25, 0.3) is 0 Å². The summed E-state index contributed by atoms with van der Waals surface area (Å²) < 4.78 is 0. The molecule has 0 saturated carbocycles. The number of rotatable bonds is 3. The molecule has 1 aliphatic carbocycles. The number of carbonyl (C=O) groups excluding carboxylic acids is 1. The Bertz CT molecular complexity index is 528. The molecular weight excluding hydrogens is 254 g/mol. The quantitative estimate of drug-likeness (QED) is 0.378. The van der Waals surface area contributed by atoms with Crippen molar-refractivity contribution >= 4 is 11.7 Å². The number of hydrogen-bond acceptors (Lipinski definition) is 3. The van der Waals surface area contributed by atoms with Gasteiger partial charge in [-0.25, -0.2) is 0 Å². The molecule has 0 radical (unpaired) electrons. The second-order valence-corrected chi connectivity index (χ2v) is 5.36. The molecule has 3 N–H and O–H groups in total. The van der Waals surface area contributed by atoms with E-state index in [1.54, 1.807) is 18.9 Å². The lowest BCUT2D eigenvalue weighted by atomic mass is 9.83. The number of benzene rings is 1. The fourth-order valence-corrected chi connectivity index (χ4v) is 2.67. The molecule has 1 aromatic carbocycles. The van der Waals surface area contributed by atoms with Crippen LogP contribution < -0.4 is 5.73 Å². The number of aryl methyl sites for hydroxylation is 1. The van der Waals surface area contributed by atoms with E-state index >= 15 is 0 Å². The first-order valence-corrected chi connectivity index (χ1v) is 6.85. The molecular formula is C15H21N3O2. The van der Waals surface area contributed by atoms with Gasteiger partial charge in [-0.3, -0.25) is 4.79 Å². The van der Waals surface area contributed by atoms with Crippen LogP contribution in [0.25, 0.3) is 0 Å². The number of nitrogens with zero attached hydrogens (tertiary/aromatic N) is 2. The van der Waals surface area contributed by atoms with Crippen molar-refractivity contribution in [2.45, 2.75) is 32.2 Å². The second kappa shape index (κ2) is 5.94. The molecule has 2 unspecified atom stereocenters. The predicted molar refractivity (Wildman–Crippen MR) is 77.6 cm³/mol. The molecule has 1 amide bonds. The topological polar surface area (TPSA) is 78.9 Å². The van der Waals surface area contributed by atoms with Crippen molar-refractivity contribution < 1.29 is 10.0 Å². The van der Waals surface area contributed by atoms with Crippen molar-refractivity contribution in [3.05, 3.63) is 35.4 Å². The van der Waals surface area contributed by atoms with Crippen LogP contribution in [0.5, 0.6) is 0 Å². The average Bonchev–Trinajstić information content (AvgIpc) is 2.51. The van der Waals surface area contributed by atoms with Crippen molar-refractivity contribution in [2.75, 3.05) is 7.05 Å². The lowest BCUT2D eigenvalue weighted by Gasteiger charge is -2.30. The van der Waals surface area contributed by atoms with Crippen LogP contribution in [0.2, 0.25) is 0 Å². The first-order chi connectivity index (χ1) is 9.54. The highest BCUT2D eigenvalue weighted by Gasteiger charge is 2.29. The first kappa shape index (κ1) is 14.4. The minimum Gasteiger partial charge on any atom is -0.409 e. The average molecular weight is 275 g/mol. The van der Waals surface area contributed by atoms with Gasteiger partial charge in [0.2, 0.25) is 5.91 Å². The molecule has 2 atom stereocenters. The van der Waals surface area contributed by atoms with E-state index in [0.717, 1.165) is 19.3 Å². The summed E-state index contributed by atoms with van der Waals surface area (Å²) in [5.41, 5.74) is 8.16. The maximum absolute atomic E-state index is 12.5. The van der Waals surface area contributed by atoms with Crippen molar-refractivity contribution in [3.63, 3.8) is 0 Å². The zero-order valence-electron chi connectivity index (χ0n) is 11.9. The van der Waals surface area contributed by atoms with Crippen molar-refractivity contribution in [2.24, 2.45) is 16.8 Å². The van der Waals surface area contributed by atoms with E-state index in [9.17, 15) is 4.79 Å². The number of likely N-dealkylation sites (N-methyl/N-ethyl adjacent to an activating group) is 1. The summed E-state index contributed by atoms with van der Waals surface area (Å²) in [4.78, 5) is 14.1. The zero-order chi connectivity index (χ0) is 14.7. The van der Waals surface area contributed by atoms with Gasteiger partial charge in [0.05, 0.1) is 6.04 Å². The van der Waals surface area contributed by atoms with Crippen molar-refractivity contribution in [1.29, 1.82) is 0 Å². The Morgan fingerprint density at radius 2 is 2.10 bits per heavy atom. The van der Waals surface area contributed by atoms with Crippen LogP contribution in [0, 0.1) is 5.92 Å². The van der Waals surface area contributed by atoms with E-state index in [1.165, 1.54) is 11.1 Å². The van der Waals surface area contributed by atoms with Gasteiger partial charge in [0.1, 0.15) is 0 Å². The van der Waals surface area contributed by atoms with Crippen LogP contribution in [0.15, 0.2) is 29.4 Å². The molecule has 1 aliphatic rings. The summed E-state index contributed by atoms with van der Waals surface area (Å²) in [6.07, 6.45) is 2.55. The monoisotopic (exact) mass is 275 g/mol. The van der Waals surface area contributed by atoms with Gasteiger partial charge < -0.3 is 15.8 Å².